The summed E-state index contributed by atoms with van der Waals surface area (Å²) in [7, 11) is 4.66. The van der Waals surface area contributed by atoms with Gasteiger partial charge in [0.2, 0.25) is 0 Å². The molecule has 7 aliphatic rings. The number of carbonyl (C=O) groups is 2. The number of ether oxygens (including phenoxy) is 11. The molecule has 0 aromatic carbocycles. The maximum Gasteiger partial charge on any atom is 0.340 e. The molecule has 4 saturated carbocycles. The number of rotatable bonds is 13. The van der Waals surface area contributed by atoms with Crippen molar-refractivity contribution in [2.24, 2.45) is 28.6 Å². The number of fused-ring (bicyclic) bond motifs is 5. The monoisotopic (exact) mass is 964 g/mol. The summed E-state index contributed by atoms with van der Waals surface area (Å²) in [4.78, 5) is 30.1. The molecule has 4 N–H and O–H groups in total. The Hall–Kier alpha value is -2.43. The molecule has 0 amide bonds. The van der Waals surface area contributed by atoms with Gasteiger partial charge in [-0.2, -0.15) is 0 Å². The Kier molecular flexibility index (Phi) is 15.4. The van der Waals surface area contributed by atoms with Crippen molar-refractivity contribution in [3.05, 3.63) is 30.1 Å². The van der Waals surface area contributed by atoms with Gasteiger partial charge < -0.3 is 72.5 Å². The maximum atomic E-state index is 13.2. The standard InChI is InChI=1S/C50H77NO17/c1-25-40(53)44(60-10)41(54)46(63-25)68-43-27(3)62-39(23-36(43)59-9)67-42-26(2)61-38(22-35(42)58-8)66-32-15-16-47(6)31(20-32)13-14-33-34(47)21-37(65-29(5)52)48(7)49(56,17-18-50(33,48)57)28(4)64-45(55)30-12-11-19-51-24-30/h11-12,19,24-28,31-44,46,53-54,56-57H,13-18,20-23H2,1-10H3. The van der Waals surface area contributed by atoms with Crippen LogP contribution in [0.5, 0.6) is 0 Å². The summed E-state index contributed by atoms with van der Waals surface area (Å²) in [5.74, 6) is -1.03. The molecule has 1 aromatic heterocycles. The van der Waals surface area contributed by atoms with Crippen molar-refractivity contribution in [3.63, 3.8) is 0 Å². The molecule has 1 aromatic rings. The van der Waals surface area contributed by atoms with Gasteiger partial charge in [-0.05, 0) is 114 Å². The van der Waals surface area contributed by atoms with Gasteiger partial charge in [0.25, 0.3) is 0 Å². The minimum absolute atomic E-state index is 0.000786. The number of aliphatic hydroxyl groups excluding tert-OH is 2. The van der Waals surface area contributed by atoms with Crippen LogP contribution in [0.3, 0.4) is 0 Å². The molecule has 0 radical (unpaired) electrons. The van der Waals surface area contributed by atoms with Crippen LogP contribution in [0.2, 0.25) is 0 Å². The minimum Gasteiger partial charge on any atom is -0.462 e. The molecule has 384 valence electrons. The number of pyridine rings is 1. The lowest BCUT2D eigenvalue weighted by molar-refractivity contribution is -0.352. The Bertz CT molecular complexity index is 1900. The highest BCUT2D eigenvalue weighted by Crippen LogP contribution is 2.71. The molecule has 7 fully saturated rings. The molecule has 4 heterocycles. The second-order valence-electron chi connectivity index (χ2n) is 21.4. The van der Waals surface area contributed by atoms with Crippen molar-refractivity contribution in [1.82, 2.24) is 4.98 Å². The van der Waals surface area contributed by atoms with E-state index >= 15 is 0 Å². The Morgan fingerprint density at radius 3 is 2.04 bits per heavy atom. The number of nitrogens with zero attached hydrogens (tertiary/aromatic N) is 1. The number of hydrogen-bond acceptors (Lipinski definition) is 18. The van der Waals surface area contributed by atoms with Crippen molar-refractivity contribution < 1.29 is 82.1 Å². The molecule has 4 aliphatic carbocycles. The van der Waals surface area contributed by atoms with Gasteiger partial charge in [-0.25, -0.2) is 4.79 Å². The summed E-state index contributed by atoms with van der Waals surface area (Å²) in [6.45, 7) is 12.6. The molecule has 18 heteroatoms. The van der Waals surface area contributed by atoms with Gasteiger partial charge in [-0.1, -0.05) is 13.8 Å². The lowest BCUT2D eigenvalue weighted by atomic mass is 9.42. The summed E-state index contributed by atoms with van der Waals surface area (Å²) >= 11 is 0. The lowest BCUT2D eigenvalue weighted by Crippen LogP contribution is -2.72. The topological polar surface area (TPSA) is 229 Å². The zero-order chi connectivity index (χ0) is 49.1. The summed E-state index contributed by atoms with van der Waals surface area (Å²) in [5.41, 5.74) is -4.35. The highest BCUT2D eigenvalue weighted by Gasteiger charge is 2.77. The van der Waals surface area contributed by atoms with Crippen LogP contribution >= 0.6 is 0 Å². The van der Waals surface area contributed by atoms with E-state index in [4.69, 9.17) is 52.1 Å². The number of aromatic nitrogens is 1. The first-order chi connectivity index (χ1) is 32.2. The van der Waals surface area contributed by atoms with Crippen LogP contribution < -0.4 is 0 Å². The van der Waals surface area contributed by atoms with Gasteiger partial charge in [0, 0.05) is 53.5 Å². The first-order valence-corrected chi connectivity index (χ1v) is 24.8. The first kappa shape index (κ1) is 51.9. The van der Waals surface area contributed by atoms with Gasteiger partial charge in [0.05, 0.1) is 53.2 Å². The highest BCUT2D eigenvalue weighted by atomic mass is 16.8. The molecule has 18 nitrogen and oxygen atoms in total. The van der Waals surface area contributed by atoms with Crippen LogP contribution in [0.25, 0.3) is 0 Å². The Labute approximate surface area is 400 Å². The van der Waals surface area contributed by atoms with E-state index in [0.29, 0.717) is 19.3 Å². The zero-order valence-corrected chi connectivity index (χ0v) is 41.4. The third kappa shape index (κ3) is 9.08. The smallest absolute Gasteiger partial charge is 0.340 e. The molecule has 8 rings (SSSR count). The summed E-state index contributed by atoms with van der Waals surface area (Å²) in [5, 5.41) is 47.1. The van der Waals surface area contributed by atoms with E-state index in [1.807, 2.05) is 20.8 Å². The maximum absolute atomic E-state index is 13.2. The van der Waals surface area contributed by atoms with Crippen molar-refractivity contribution in [3.8, 4) is 0 Å². The van der Waals surface area contributed by atoms with Gasteiger partial charge in [-0.3, -0.25) is 9.78 Å². The van der Waals surface area contributed by atoms with Crippen LogP contribution in [0.1, 0.15) is 123 Å². The molecule has 68 heavy (non-hydrogen) atoms. The molecular formula is C50H77NO17. The van der Waals surface area contributed by atoms with E-state index in [1.165, 1.54) is 20.2 Å². The number of aliphatic hydroxyl groups is 4. The van der Waals surface area contributed by atoms with Gasteiger partial charge in [0.15, 0.2) is 18.9 Å². The van der Waals surface area contributed by atoms with Gasteiger partial charge in [0.1, 0.15) is 48.3 Å². The second-order valence-corrected chi connectivity index (χ2v) is 21.4. The largest absolute Gasteiger partial charge is 0.462 e. The number of carbonyl (C=O) groups excluding carboxylic acids is 2. The summed E-state index contributed by atoms with van der Waals surface area (Å²) < 4.78 is 67.7. The molecule has 3 aliphatic heterocycles. The average molecular weight is 964 g/mol. The van der Waals surface area contributed by atoms with Crippen molar-refractivity contribution in [2.75, 3.05) is 21.3 Å². The van der Waals surface area contributed by atoms with E-state index in [0.717, 1.165) is 32.1 Å². The molecular weight excluding hydrogens is 887 g/mol. The third-order valence-corrected chi connectivity index (χ3v) is 18.1. The molecule has 23 atom stereocenters. The zero-order valence-electron chi connectivity index (χ0n) is 41.4. The van der Waals surface area contributed by atoms with Gasteiger partial charge >= 0.3 is 11.9 Å². The van der Waals surface area contributed by atoms with E-state index < -0.39 is 115 Å². The van der Waals surface area contributed by atoms with E-state index in [-0.39, 0.29) is 53.8 Å². The van der Waals surface area contributed by atoms with E-state index in [1.54, 1.807) is 46.4 Å². The predicted molar refractivity (Wildman–Crippen MR) is 239 cm³/mol. The summed E-state index contributed by atoms with van der Waals surface area (Å²) in [6, 6.07) is 3.24. The van der Waals surface area contributed by atoms with Crippen molar-refractivity contribution in [1.29, 1.82) is 0 Å². The fraction of sp³-hybridized carbons (Fsp3) is 0.860. The van der Waals surface area contributed by atoms with E-state index in [9.17, 15) is 30.0 Å². The fourth-order valence-electron chi connectivity index (χ4n) is 14.1. The summed E-state index contributed by atoms with van der Waals surface area (Å²) in [6.07, 6.45) is -2.20. The number of methoxy groups -OCH3 is 3. The van der Waals surface area contributed by atoms with Gasteiger partial charge in [-0.15, -0.1) is 0 Å². The third-order valence-electron chi connectivity index (χ3n) is 18.1. The Morgan fingerprint density at radius 1 is 0.765 bits per heavy atom. The second kappa shape index (κ2) is 20.2. The molecule has 0 spiro atoms. The molecule has 23 unspecified atom stereocenters. The predicted octanol–water partition coefficient (Wildman–Crippen LogP) is 3.99. The molecule has 3 saturated heterocycles. The van der Waals surface area contributed by atoms with Crippen LogP contribution in [-0.2, 0) is 56.9 Å². The first-order valence-electron chi connectivity index (χ1n) is 24.8. The number of esters is 2. The fourth-order valence-corrected chi connectivity index (χ4v) is 14.1. The normalized spacial score (nSPS) is 48.6. The van der Waals surface area contributed by atoms with Crippen LogP contribution in [0.4, 0.5) is 0 Å². The Balaban J connectivity index is 0.889. The highest BCUT2D eigenvalue weighted by molar-refractivity contribution is 5.89. The lowest BCUT2D eigenvalue weighted by Gasteiger charge is -2.66. The van der Waals surface area contributed by atoms with Crippen LogP contribution in [0, 0.1) is 28.6 Å². The average Bonchev–Trinajstić information content (AvgIpc) is 3.53. The SMILES string of the molecule is COC1CC(OC2CCC3(C)C(CCC4C3CC(OC(C)=O)C3(C)C(O)(C(C)OC(=O)c5cccnc5)CCC43O)C2)OC(C)C1OC1CC(OC)C(OC2OC(C)C(O)C(OC)C2O)C(C)O1. The van der Waals surface area contributed by atoms with Crippen LogP contribution in [-0.4, -0.2) is 168 Å². The van der Waals surface area contributed by atoms with Crippen LogP contribution in [0.15, 0.2) is 24.5 Å². The Morgan fingerprint density at radius 2 is 1.43 bits per heavy atom. The number of hydrogen-bond donors (Lipinski definition) is 4. The quantitative estimate of drug-likeness (QED) is 0.162. The van der Waals surface area contributed by atoms with Crippen molar-refractivity contribution >= 4 is 11.9 Å². The van der Waals surface area contributed by atoms with Crippen molar-refractivity contribution in [2.45, 2.75) is 222 Å². The molecule has 0 bridgehead atoms. The van der Waals surface area contributed by atoms with E-state index in [2.05, 4.69) is 11.9 Å². The minimum atomic E-state index is -1.68.